The summed E-state index contributed by atoms with van der Waals surface area (Å²) in [5.41, 5.74) is 0. The fourth-order valence-corrected chi connectivity index (χ4v) is 4.56. The molecular weight excluding hydrogens is 364 g/mol. The van der Waals surface area contributed by atoms with Crippen LogP contribution in [-0.2, 0) is 19.5 Å². The zero-order chi connectivity index (χ0) is 21.7. The molecule has 1 aromatic heterocycles. The first-order valence-corrected chi connectivity index (χ1v) is 13.9. The number of aryl methyl sites for hydroxylation is 2. The van der Waals surface area contributed by atoms with Crippen molar-refractivity contribution in [3.8, 4) is 0 Å². The highest BCUT2D eigenvalue weighted by Gasteiger charge is 2.16. The number of imidazole rings is 1. The molecule has 0 bridgehead atoms. The molecule has 30 heavy (non-hydrogen) atoms. The van der Waals surface area contributed by atoms with Gasteiger partial charge in [0.1, 0.15) is 12.4 Å². The largest absolute Gasteiger partial charge is 0.256 e. The predicted molar refractivity (Wildman–Crippen MR) is 133 cm³/mol. The molecule has 1 rings (SSSR count). The topological polar surface area (TPSA) is 8.81 Å². The molecule has 2 nitrogen and oxygen atoms in total. The highest BCUT2D eigenvalue weighted by Crippen LogP contribution is 2.13. The second-order valence-electron chi connectivity index (χ2n) is 9.51. The average Bonchev–Trinajstić information content (AvgIpc) is 3.14. The molecule has 2 heteroatoms. The van der Waals surface area contributed by atoms with E-state index in [0.717, 1.165) is 0 Å². The van der Waals surface area contributed by atoms with E-state index in [2.05, 4.69) is 42.3 Å². The number of hydrogen-bond acceptors (Lipinski definition) is 0. The van der Waals surface area contributed by atoms with Crippen LogP contribution in [0.1, 0.15) is 149 Å². The van der Waals surface area contributed by atoms with E-state index in [4.69, 9.17) is 0 Å². The summed E-state index contributed by atoms with van der Waals surface area (Å²) >= 11 is 0. The van der Waals surface area contributed by atoms with Gasteiger partial charge in [-0.25, -0.2) is 9.13 Å². The van der Waals surface area contributed by atoms with Gasteiger partial charge < -0.3 is 0 Å². The Balaban J connectivity index is 2.38. The Morgan fingerprint density at radius 2 is 1.03 bits per heavy atom. The van der Waals surface area contributed by atoms with Crippen molar-refractivity contribution in [2.24, 2.45) is 0 Å². The Labute approximate surface area is 189 Å². The minimum absolute atomic E-state index is 1.22. The maximum Gasteiger partial charge on any atom is 0.256 e. The van der Waals surface area contributed by atoms with Gasteiger partial charge in [0.25, 0.3) is 5.82 Å². The first-order valence-electron chi connectivity index (χ1n) is 13.9. The van der Waals surface area contributed by atoms with E-state index in [1.807, 2.05) is 0 Å². The van der Waals surface area contributed by atoms with E-state index in [1.165, 1.54) is 142 Å². The van der Waals surface area contributed by atoms with Crippen LogP contribution in [-0.4, -0.2) is 4.57 Å². The maximum atomic E-state index is 2.59. The van der Waals surface area contributed by atoms with Crippen molar-refractivity contribution in [3.05, 3.63) is 18.2 Å². The van der Waals surface area contributed by atoms with Gasteiger partial charge in [-0.1, -0.05) is 111 Å². The molecule has 0 fully saturated rings. The lowest BCUT2D eigenvalue weighted by Gasteiger charge is -2.07. The number of hydrogen-bond donors (Lipinski definition) is 0. The molecular formula is C28H55N2+. The van der Waals surface area contributed by atoms with Crippen LogP contribution in [0.2, 0.25) is 0 Å². The summed E-state index contributed by atoms with van der Waals surface area (Å²) in [6.07, 6.45) is 32.5. The van der Waals surface area contributed by atoms with Crippen molar-refractivity contribution < 1.29 is 4.57 Å². The lowest BCUT2D eigenvalue weighted by molar-refractivity contribution is -0.704. The monoisotopic (exact) mass is 419 g/mol. The summed E-state index contributed by atoms with van der Waals surface area (Å²) in [6, 6.07) is 0. The van der Waals surface area contributed by atoms with Gasteiger partial charge in [0.05, 0.1) is 13.1 Å². The molecule has 1 aromatic rings. The summed E-state index contributed by atoms with van der Waals surface area (Å²) in [7, 11) is 0. The number of nitrogens with zero attached hydrogens (tertiary/aromatic N) is 2. The summed E-state index contributed by atoms with van der Waals surface area (Å²) in [5.74, 6) is 1.60. The summed E-state index contributed by atoms with van der Waals surface area (Å²) in [6.45, 7) is 9.36. The number of aromatic nitrogens is 2. The first-order chi connectivity index (χ1) is 14.8. The highest BCUT2D eigenvalue weighted by molar-refractivity contribution is 4.84. The van der Waals surface area contributed by atoms with E-state index in [-0.39, 0.29) is 0 Å². The Morgan fingerprint density at radius 3 is 1.60 bits per heavy atom. The molecule has 0 radical (unpaired) electrons. The molecule has 0 aliphatic carbocycles. The quantitative estimate of drug-likeness (QED) is 0.131. The van der Waals surface area contributed by atoms with Crippen LogP contribution in [0, 0.1) is 0 Å². The molecule has 0 unspecified atom stereocenters. The zero-order valence-electron chi connectivity index (χ0n) is 21.1. The number of rotatable bonds is 22. The predicted octanol–water partition coefficient (Wildman–Crippen LogP) is 8.79. The Morgan fingerprint density at radius 1 is 0.567 bits per heavy atom. The standard InChI is InChI=1S/C28H55N2/c1-4-7-10-13-14-15-16-17-20-23-28-29(24-21-18-11-8-5-2)26-27-30(28)25-22-19-12-9-6-3/h26-27H,4-25H2,1-3H3/q+1. The van der Waals surface area contributed by atoms with Gasteiger partial charge >= 0.3 is 0 Å². The average molecular weight is 420 g/mol. The molecule has 0 aliphatic rings. The minimum Gasteiger partial charge on any atom is -0.234 e. The lowest BCUT2D eigenvalue weighted by atomic mass is 10.1. The Hall–Kier alpha value is -0.790. The van der Waals surface area contributed by atoms with Crippen LogP contribution < -0.4 is 4.57 Å². The summed E-state index contributed by atoms with van der Waals surface area (Å²) in [5, 5.41) is 0. The molecule has 0 saturated carbocycles. The SMILES string of the molecule is CCCCCCCCCCCc1n(CCCCCCC)cc[n+]1CCCCCCC. The molecule has 1 heterocycles. The summed E-state index contributed by atoms with van der Waals surface area (Å²) < 4.78 is 5.17. The van der Waals surface area contributed by atoms with Gasteiger partial charge in [0.2, 0.25) is 0 Å². The third-order valence-electron chi connectivity index (χ3n) is 6.60. The fraction of sp³-hybridized carbons (Fsp3) is 0.893. The van der Waals surface area contributed by atoms with Crippen LogP contribution >= 0.6 is 0 Å². The highest BCUT2D eigenvalue weighted by atomic mass is 15.1. The van der Waals surface area contributed by atoms with Crippen molar-refractivity contribution in [2.45, 2.75) is 162 Å². The molecule has 0 spiro atoms. The van der Waals surface area contributed by atoms with Crippen molar-refractivity contribution in [3.63, 3.8) is 0 Å². The molecule has 0 aromatic carbocycles. The first kappa shape index (κ1) is 27.2. The molecule has 0 amide bonds. The van der Waals surface area contributed by atoms with Gasteiger partial charge in [-0.3, -0.25) is 0 Å². The normalized spacial score (nSPS) is 11.4. The smallest absolute Gasteiger partial charge is 0.234 e. The molecule has 176 valence electrons. The fourth-order valence-electron chi connectivity index (χ4n) is 4.56. The van der Waals surface area contributed by atoms with Crippen LogP contribution in [0.5, 0.6) is 0 Å². The van der Waals surface area contributed by atoms with Gasteiger partial charge in [-0.2, -0.15) is 0 Å². The van der Waals surface area contributed by atoms with E-state index in [0.29, 0.717) is 0 Å². The lowest BCUT2D eigenvalue weighted by Crippen LogP contribution is -2.37. The number of unbranched alkanes of at least 4 members (excludes halogenated alkanes) is 16. The maximum absolute atomic E-state index is 2.59. The van der Waals surface area contributed by atoms with Gasteiger partial charge in [-0.15, -0.1) is 0 Å². The summed E-state index contributed by atoms with van der Waals surface area (Å²) in [4.78, 5) is 0. The second-order valence-corrected chi connectivity index (χ2v) is 9.51. The van der Waals surface area contributed by atoms with E-state index >= 15 is 0 Å². The van der Waals surface area contributed by atoms with Crippen LogP contribution in [0.4, 0.5) is 0 Å². The van der Waals surface area contributed by atoms with Crippen LogP contribution in [0.15, 0.2) is 12.4 Å². The van der Waals surface area contributed by atoms with E-state index in [9.17, 15) is 0 Å². The Kier molecular flexibility index (Phi) is 18.3. The van der Waals surface area contributed by atoms with Crippen LogP contribution in [0.3, 0.4) is 0 Å². The zero-order valence-corrected chi connectivity index (χ0v) is 21.1. The minimum atomic E-state index is 1.22. The van der Waals surface area contributed by atoms with Gasteiger partial charge in [0, 0.05) is 6.42 Å². The van der Waals surface area contributed by atoms with Crippen molar-refractivity contribution >= 4 is 0 Å². The van der Waals surface area contributed by atoms with Crippen LogP contribution in [0.25, 0.3) is 0 Å². The molecule has 0 atom stereocenters. The van der Waals surface area contributed by atoms with E-state index in [1.54, 1.807) is 5.82 Å². The second kappa shape index (κ2) is 20.1. The van der Waals surface area contributed by atoms with Gasteiger partial charge in [0.15, 0.2) is 0 Å². The third-order valence-corrected chi connectivity index (χ3v) is 6.60. The van der Waals surface area contributed by atoms with Crippen molar-refractivity contribution in [2.75, 3.05) is 0 Å². The van der Waals surface area contributed by atoms with Crippen molar-refractivity contribution in [1.29, 1.82) is 0 Å². The van der Waals surface area contributed by atoms with Gasteiger partial charge in [-0.05, 0) is 32.1 Å². The molecule has 0 aliphatic heterocycles. The molecule has 0 saturated heterocycles. The van der Waals surface area contributed by atoms with Crippen molar-refractivity contribution in [1.82, 2.24) is 4.57 Å². The van der Waals surface area contributed by atoms with E-state index < -0.39 is 0 Å². The molecule has 0 N–H and O–H groups in total. The Bertz CT molecular complexity index is 445. The third kappa shape index (κ3) is 13.5.